The topological polar surface area (TPSA) is 0 Å². The second kappa shape index (κ2) is 14.2. The van der Waals surface area contributed by atoms with Gasteiger partial charge in [-0.15, -0.1) is 0 Å². The van der Waals surface area contributed by atoms with Crippen LogP contribution >= 0.6 is 0 Å². The highest BCUT2D eigenvalue weighted by atomic mass is 14.4. The molecule has 2 aliphatic rings. The van der Waals surface area contributed by atoms with E-state index in [1.54, 1.807) is 0 Å². The molecule has 0 heteroatoms. The standard InChI is InChI=1S/C70H40/c1-5-19-41(20-6-1)45-27-13-14-28-46(45)64-50-32-18-17-31-49(50)61(44-25-11-4-12-26-44)69-57-39-35-53-51-33-37-55-65-56(38-34-52(62(51)65)54-36-40-58(70(64)69)66(57)63(53)54)68-60(43-23-9-3-10-24-43)48-30-16-15-29-47(48)59(67(55)68)42-21-7-2-8-22-42/h1-40H. The van der Waals surface area contributed by atoms with Crippen molar-refractivity contribution in [2.75, 3.05) is 0 Å². The first kappa shape index (κ1) is 37.9. The van der Waals surface area contributed by atoms with E-state index >= 15 is 0 Å². The molecule has 2 aliphatic carbocycles. The third kappa shape index (κ3) is 4.94. The summed E-state index contributed by atoms with van der Waals surface area (Å²) in [6.07, 6.45) is 0. The van der Waals surface area contributed by atoms with Gasteiger partial charge in [0.2, 0.25) is 0 Å². The number of hydrogen-bond acceptors (Lipinski definition) is 0. The first-order chi connectivity index (χ1) is 34.8. The fraction of sp³-hybridized carbons (Fsp3) is 0. The largest absolute Gasteiger partial charge is 0.0622 e. The molecule has 0 radical (unpaired) electrons. The number of fused-ring (bicyclic) bond motifs is 10. The van der Waals surface area contributed by atoms with Crippen LogP contribution in [-0.2, 0) is 0 Å². The zero-order valence-electron chi connectivity index (χ0n) is 38.1. The second-order valence-corrected chi connectivity index (χ2v) is 19.2. The van der Waals surface area contributed by atoms with Gasteiger partial charge in [0.15, 0.2) is 0 Å². The van der Waals surface area contributed by atoms with E-state index in [0.717, 1.165) is 0 Å². The quantitative estimate of drug-likeness (QED) is 0.119. The Hall–Kier alpha value is -9.10. The van der Waals surface area contributed by atoms with Gasteiger partial charge in [0.05, 0.1) is 0 Å². The van der Waals surface area contributed by atoms with Crippen LogP contribution in [-0.4, -0.2) is 0 Å². The summed E-state index contributed by atoms with van der Waals surface area (Å²) in [6.45, 7) is 0. The molecule has 0 amide bonds. The van der Waals surface area contributed by atoms with Crippen molar-refractivity contribution in [2.24, 2.45) is 0 Å². The lowest BCUT2D eigenvalue weighted by Gasteiger charge is -2.22. The lowest BCUT2D eigenvalue weighted by atomic mass is 9.81. The molecule has 320 valence electrons. The summed E-state index contributed by atoms with van der Waals surface area (Å²) < 4.78 is 0. The van der Waals surface area contributed by atoms with Gasteiger partial charge in [0.25, 0.3) is 0 Å². The summed E-state index contributed by atoms with van der Waals surface area (Å²) in [5.74, 6) is 0. The third-order valence-corrected chi connectivity index (χ3v) is 15.9. The molecule has 0 N–H and O–H groups in total. The third-order valence-electron chi connectivity index (χ3n) is 15.9. The van der Waals surface area contributed by atoms with Crippen LogP contribution in [0, 0.1) is 0 Å². The zero-order valence-corrected chi connectivity index (χ0v) is 38.1. The van der Waals surface area contributed by atoms with Crippen molar-refractivity contribution in [3.05, 3.63) is 243 Å². The summed E-state index contributed by atoms with van der Waals surface area (Å²) in [4.78, 5) is 0. The van der Waals surface area contributed by atoms with Crippen molar-refractivity contribution in [1.29, 1.82) is 0 Å². The average Bonchev–Trinajstić information content (AvgIpc) is 3.96. The van der Waals surface area contributed by atoms with Crippen LogP contribution in [0.15, 0.2) is 243 Å². The average molecular weight is 881 g/mol. The molecule has 0 fully saturated rings. The minimum atomic E-state index is 1.22. The van der Waals surface area contributed by atoms with Crippen molar-refractivity contribution in [1.82, 2.24) is 0 Å². The molecule has 16 rings (SSSR count). The fourth-order valence-electron chi connectivity index (χ4n) is 13.2. The Morgan fingerprint density at radius 1 is 0.129 bits per heavy atom. The molecule has 0 saturated heterocycles. The van der Waals surface area contributed by atoms with E-state index in [-0.39, 0.29) is 0 Å². The smallest absolute Gasteiger partial charge is 0.000718 e. The molecular weight excluding hydrogens is 841 g/mol. The lowest BCUT2D eigenvalue weighted by molar-refractivity contribution is 1.59. The summed E-state index contributed by atoms with van der Waals surface area (Å²) in [5, 5.41) is 15.8. The van der Waals surface area contributed by atoms with Crippen LogP contribution < -0.4 is 0 Å². The van der Waals surface area contributed by atoms with Gasteiger partial charge in [-0.25, -0.2) is 0 Å². The number of hydrogen-bond donors (Lipinski definition) is 0. The molecular formula is C70H40. The van der Waals surface area contributed by atoms with Crippen molar-refractivity contribution in [3.8, 4) is 100 Å². The van der Waals surface area contributed by atoms with Crippen LogP contribution in [0.1, 0.15) is 0 Å². The Morgan fingerprint density at radius 3 is 0.757 bits per heavy atom. The van der Waals surface area contributed by atoms with Crippen LogP contribution in [0.25, 0.3) is 165 Å². The SMILES string of the molecule is c1ccc(-c2ccccc2-c2c3c(c(-c4ccccc4)c4ccccc24)-c2ccc4c5ccc6c7c(ccc(c8ccc-3c2c48)c75)-c2c-6c(-c3ccccc3)c3ccccc3c2-c2ccccc2)cc1. The first-order valence-electron chi connectivity index (χ1n) is 24.5. The Labute approximate surface area is 405 Å². The Bertz CT molecular complexity index is 4390. The highest BCUT2D eigenvalue weighted by Crippen LogP contribution is 2.63. The van der Waals surface area contributed by atoms with E-state index in [9.17, 15) is 0 Å². The summed E-state index contributed by atoms with van der Waals surface area (Å²) in [5.41, 5.74) is 23.2. The monoisotopic (exact) mass is 880 g/mol. The van der Waals surface area contributed by atoms with Crippen molar-refractivity contribution in [3.63, 3.8) is 0 Å². The predicted octanol–water partition coefficient (Wildman–Crippen LogP) is 19.7. The minimum absolute atomic E-state index is 1.22. The molecule has 0 bridgehead atoms. The van der Waals surface area contributed by atoms with Gasteiger partial charge < -0.3 is 0 Å². The molecule has 0 atom stereocenters. The zero-order chi connectivity index (χ0) is 45.6. The molecule has 0 saturated carbocycles. The highest BCUT2D eigenvalue weighted by Gasteiger charge is 2.35. The lowest BCUT2D eigenvalue weighted by Crippen LogP contribution is -1.95. The molecule has 0 unspecified atom stereocenters. The van der Waals surface area contributed by atoms with Crippen LogP contribution in [0.5, 0.6) is 0 Å². The number of benzene rings is 14. The Morgan fingerprint density at radius 2 is 0.400 bits per heavy atom. The van der Waals surface area contributed by atoms with E-state index in [0.29, 0.717) is 0 Å². The Balaban J connectivity index is 1.04. The van der Waals surface area contributed by atoms with Crippen LogP contribution in [0.3, 0.4) is 0 Å². The highest BCUT2D eigenvalue weighted by molar-refractivity contribution is 6.42. The van der Waals surface area contributed by atoms with Crippen molar-refractivity contribution < 1.29 is 0 Å². The summed E-state index contributed by atoms with van der Waals surface area (Å²) >= 11 is 0. The molecule has 14 aromatic carbocycles. The predicted molar refractivity (Wildman–Crippen MR) is 299 cm³/mol. The van der Waals surface area contributed by atoms with E-state index in [2.05, 4.69) is 243 Å². The van der Waals surface area contributed by atoms with E-state index < -0.39 is 0 Å². The van der Waals surface area contributed by atoms with Gasteiger partial charge >= 0.3 is 0 Å². The van der Waals surface area contributed by atoms with Crippen LogP contribution in [0.4, 0.5) is 0 Å². The van der Waals surface area contributed by atoms with Crippen molar-refractivity contribution in [2.45, 2.75) is 0 Å². The van der Waals surface area contributed by atoms with Crippen LogP contribution in [0.2, 0.25) is 0 Å². The van der Waals surface area contributed by atoms with Gasteiger partial charge in [-0.3, -0.25) is 0 Å². The molecule has 0 nitrogen and oxygen atoms in total. The molecule has 0 aliphatic heterocycles. The van der Waals surface area contributed by atoms with E-state index in [4.69, 9.17) is 0 Å². The van der Waals surface area contributed by atoms with Crippen molar-refractivity contribution >= 4 is 64.6 Å². The van der Waals surface area contributed by atoms with Gasteiger partial charge in [-0.1, -0.05) is 243 Å². The van der Waals surface area contributed by atoms with E-state index in [1.807, 2.05) is 0 Å². The van der Waals surface area contributed by atoms with Gasteiger partial charge in [-0.05, 0) is 165 Å². The molecule has 0 spiro atoms. The van der Waals surface area contributed by atoms with E-state index in [1.165, 1.54) is 165 Å². The van der Waals surface area contributed by atoms with Gasteiger partial charge in [0, 0.05) is 0 Å². The minimum Gasteiger partial charge on any atom is -0.0622 e. The summed E-state index contributed by atoms with van der Waals surface area (Å²) in [7, 11) is 0. The molecule has 14 aromatic rings. The second-order valence-electron chi connectivity index (χ2n) is 19.2. The molecule has 0 heterocycles. The molecule has 70 heavy (non-hydrogen) atoms. The maximum Gasteiger partial charge on any atom is -0.000718 e. The maximum absolute atomic E-state index is 2.46. The fourth-order valence-corrected chi connectivity index (χ4v) is 13.2. The first-order valence-corrected chi connectivity index (χ1v) is 24.5. The normalized spacial score (nSPS) is 12.3. The molecule has 0 aromatic heterocycles. The summed E-state index contributed by atoms with van der Waals surface area (Å²) in [6, 6.07) is 91.0. The Kier molecular flexibility index (Phi) is 7.70. The number of rotatable bonds is 5. The van der Waals surface area contributed by atoms with Gasteiger partial charge in [-0.2, -0.15) is 0 Å². The maximum atomic E-state index is 2.46. The van der Waals surface area contributed by atoms with Gasteiger partial charge in [0.1, 0.15) is 0 Å².